The number of pyridine rings is 1. The Labute approximate surface area is 240 Å². The number of aryl methyl sites for hydroxylation is 1. The number of carbonyl (C=O) groups is 2. The van der Waals surface area contributed by atoms with Crippen LogP contribution in [0.1, 0.15) is 19.4 Å². The largest absolute Gasteiger partial charge is 0.469 e. The molecule has 1 atom stereocenters. The summed E-state index contributed by atoms with van der Waals surface area (Å²) in [5, 5.41) is 3.53. The van der Waals surface area contributed by atoms with Gasteiger partial charge in [-0.3, -0.25) is 14.6 Å². The number of phosphoric ester groups is 1. The van der Waals surface area contributed by atoms with Gasteiger partial charge in [0.05, 0.1) is 30.9 Å². The van der Waals surface area contributed by atoms with Crippen LogP contribution in [0.4, 0.5) is 19.4 Å². The first-order valence-electron chi connectivity index (χ1n) is 11.9. The first kappa shape index (κ1) is 34.0. The summed E-state index contributed by atoms with van der Waals surface area (Å²) in [6.45, 7) is -1.13. The van der Waals surface area contributed by atoms with Crippen LogP contribution in [-0.2, 0) is 29.8 Å². The molecule has 15 heteroatoms. The Hall–Kier alpha value is -3.19. The van der Waals surface area contributed by atoms with Gasteiger partial charge in [-0.15, -0.1) is 0 Å². The Bertz CT molecular complexity index is 1390. The summed E-state index contributed by atoms with van der Waals surface area (Å²) >= 11 is 5.96. The van der Waals surface area contributed by atoms with E-state index in [1.54, 1.807) is 12.1 Å². The van der Waals surface area contributed by atoms with Gasteiger partial charge in [-0.1, -0.05) is 31.2 Å². The highest BCUT2D eigenvalue weighted by atomic mass is 35.5. The van der Waals surface area contributed by atoms with Crippen LogP contribution in [0.15, 0.2) is 48.7 Å². The second-order valence-corrected chi connectivity index (χ2v) is 10.2. The molecular weight excluding hydrogens is 587 g/mol. The molecule has 0 unspecified atom stereocenters. The number of ether oxygens (including phenoxy) is 2. The second kappa shape index (κ2) is 15.7. The lowest BCUT2D eigenvalue weighted by atomic mass is 10.1. The predicted octanol–water partition coefficient (Wildman–Crippen LogP) is 4.94. The maximum absolute atomic E-state index is 13.7. The molecule has 11 nitrogen and oxygen atoms in total. The van der Waals surface area contributed by atoms with Gasteiger partial charge in [0.25, 0.3) is 0 Å². The van der Waals surface area contributed by atoms with Crippen molar-refractivity contribution in [2.75, 3.05) is 38.8 Å². The number of amides is 2. The first-order chi connectivity index (χ1) is 18.9. The minimum atomic E-state index is -4.67. The lowest BCUT2D eigenvalue weighted by Gasteiger charge is -2.28. The van der Waals surface area contributed by atoms with Crippen LogP contribution in [0, 0.1) is 11.6 Å². The lowest BCUT2D eigenvalue weighted by Crippen LogP contribution is -2.44. The van der Waals surface area contributed by atoms with Gasteiger partial charge in [-0.25, -0.2) is 23.1 Å². The molecule has 0 spiro atoms. The molecular formula is C26H31ClF2N3O8P. The van der Waals surface area contributed by atoms with E-state index >= 15 is 0 Å². The van der Waals surface area contributed by atoms with Crippen LogP contribution in [0.2, 0.25) is 5.02 Å². The molecule has 1 aromatic heterocycles. The number of hydrogen-bond donors (Lipinski definition) is 3. The number of anilines is 1. The number of benzene rings is 2. The third kappa shape index (κ3) is 11.0. The Balaban J connectivity index is 0.00000588. The summed E-state index contributed by atoms with van der Waals surface area (Å²) in [5.74, 6) is -1.33. The topological polar surface area (TPSA) is 148 Å². The Morgan fingerprint density at radius 1 is 1.12 bits per heavy atom. The highest BCUT2D eigenvalue weighted by Crippen LogP contribution is 2.35. The third-order valence-corrected chi connectivity index (χ3v) is 6.64. The van der Waals surface area contributed by atoms with E-state index in [1.807, 2.05) is 0 Å². The molecule has 0 aliphatic carbocycles. The number of phosphoric acid groups is 1. The van der Waals surface area contributed by atoms with E-state index in [-0.39, 0.29) is 56.8 Å². The normalized spacial score (nSPS) is 12.0. The van der Waals surface area contributed by atoms with Gasteiger partial charge in [0.15, 0.2) is 0 Å². The van der Waals surface area contributed by atoms with Gasteiger partial charge in [0, 0.05) is 25.1 Å². The Morgan fingerprint density at radius 3 is 2.61 bits per heavy atom. The third-order valence-electron chi connectivity index (χ3n) is 5.70. The van der Waals surface area contributed by atoms with Crippen LogP contribution in [0.5, 0.6) is 0 Å². The van der Waals surface area contributed by atoms with Crippen molar-refractivity contribution in [1.82, 2.24) is 9.88 Å². The highest BCUT2D eigenvalue weighted by molar-refractivity contribution is 7.46. The molecule has 3 N–H and O–H groups in total. The summed E-state index contributed by atoms with van der Waals surface area (Å²) in [6.07, 6.45) is 0.670. The van der Waals surface area contributed by atoms with E-state index in [4.69, 9.17) is 30.9 Å². The zero-order valence-corrected chi connectivity index (χ0v) is 22.9. The van der Waals surface area contributed by atoms with Crippen LogP contribution in [0.25, 0.3) is 10.8 Å². The monoisotopic (exact) mass is 617 g/mol. The molecule has 0 fully saturated rings. The Morgan fingerprint density at radius 2 is 1.88 bits per heavy atom. The summed E-state index contributed by atoms with van der Waals surface area (Å²) < 4.78 is 53.0. The fourth-order valence-electron chi connectivity index (χ4n) is 3.56. The van der Waals surface area contributed by atoms with Crippen LogP contribution < -0.4 is 5.32 Å². The number of carbonyl (C=O) groups excluding carboxylic acids is 2. The molecule has 0 saturated carbocycles. The number of hydrogen-bond acceptors (Lipinski definition) is 7. The molecule has 0 aliphatic heterocycles. The summed E-state index contributed by atoms with van der Waals surface area (Å²) in [4.78, 5) is 48.2. The molecule has 2 aromatic carbocycles. The average molecular weight is 618 g/mol. The minimum absolute atomic E-state index is 0. The van der Waals surface area contributed by atoms with Crippen molar-refractivity contribution in [3.63, 3.8) is 0 Å². The van der Waals surface area contributed by atoms with Gasteiger partial charge in [-0.05, 0) is 47.7 Å². The van der Waals surface area contributed by atoms with E-state index in [2.05, 4.69) is 14.8 Å². The first-order valence-corrected chi connectivity index (χ1v) is 13.8. The van der Waals surface area contributed by atoms with Crippen molar-refractivity contribution in [2.24, 2.45) is 0 Å². The molecule has 0 bridgehead atoms. The van der Waals surface area contributed by atoms with Crippen LogP contribution in [-0.4, -0.2) is 71.2 Å². The molecule has 3 rings (SSSR count). The highest BCUT2D eigenvalue weighted by Gasteiger charge is 2.23. The van der Waals surface area contributed by atoms with E-state index in [1.165, 1.54) is 48.5 Å². The number of rotatable bonds is 13. The maximum atomic E-state index is 13.7. The van der Waals surface area contributed by atoms with Gasteiger partial charge in [0.2, 0.25) is 5.91 Å². The van der Waals surface area contributed by atoms with E-state index in [9.17, 15) is 22.9 Å². The SMILES string of the molecule is C.CN(C(=O)CCc1cccc(F)c1Cl)[C@@H](COCCOP(=O)(O)O)COC(=O)Nc1cc2cc(F)ccc2cn1. The number of fused-ring (bicyclic) bond motifs is 1. The smallest absolute Gasteiger partial charge is 0.447 e. The number of nitrogens with zero attached hydrogens (tertiary/aromatic N) is 2. The summed E-state index contributed by atoms with van der Waals surface area (Å²) in [6, 6.07) is 9.06. The Kier molecular flexibility index (Phi) is 13.0. The predicted molar refractivity (Wildman–Crippen MR) is 149 cm³/mol. The standard InChI is InChI=1S/C25H27ClF2N3O8P.CH4/c1-31(23(32)8-6-16-3-2-4-21(28)24(16)26)20(14-37-9-10-39-40(34,35)36)15-38-25(33)30-22-12-18-11-19(27)7-5-17(18)13-29-22;/h2-5,7,11-13,20H,6,8-10,14-15H2,1H3,(H,29,30,33)(H2,34,35,36);1H4/t20-;/m0./s1. The molecule has 0 saturated heterocycles. The number of nitrogens with one attached hydrogen (secondary N) is 1. The zero-order chi connectivity index (χ0) is 29.3. The van der Waals surface area contributed by atoms with Crippen LogP contribution in [0.3, 0.4) is 0 Å². The van der Waals surface area contributed by atoms with Crippen molar-refractivity contribution >= 4 is 48.0 Å². The van der Waals surface area contributed by atoms with Gasteiger partial charge >= 0.3 is 13.9 Å². The van der Waals surface area contributed by atoms with Crippen molar-refractivity contribution in [3.8, 4) is 0 Å². The molecule has 1 heterocycles. The molecule has 0 aliphatic rings. The molecule has 0 radical (unpaired) electrons. The molecule has 41 heavy (non-hydrogen) atoms. The van der Waals surface area contributed by atoms with Crippen LogP contribution >= 0.6 is 19.4 Å². The lowest BCUT2D eigenvalue weighted by molar-refractivity contribution is -0.134. The number of likely N-dealkylation sites (N-methyl/N-ethyl adjacent to an activating group) is 1. The minimum Gasteiger partial charge on any atom is -0.447 e. The van der Waals surface area contributed by atoms with Crippen molar-refractivity contribution in [2.45, 2.75) is 26.3 Å². The summed E-state index contributed by atoms with van der Waals surface area (Å²) in [5.41, 5.74) is 0.448. The van der Waals surface area contributed by atoms with E-state index < -0.39 is 38.2 Å². The maximum Gasteiger partial charge on any atom is 0.469 e. The quantitative estimate of drug-likeness (QED) is 0.179. The molecule has 2 amide bonds. The van der Waals surface area contributed by atoms with Crippen molar-refractivity contribution in [1.29, 1.82) is 0 Å². The molecule has 224 valence electrons. The average Bonchev–Trinajstić information content (AvgIpc) is 2.89. The summed E-state index contributed by atoms with van der Waals surface area (Å²) in [7, 11) is -3.22. The van der Waals surface area contributed by atoms with E-state index in [0.717, 1.165) is 0 Å². The van der Waals surface area contributed by atoms with E-state index in [0.29, 0.717) is 16.3 Å². The van der Waals surface area contributed by atoms with Gasteiger partial charge in [-0.2, -0.15) is 0 Å². The number of halogens is 3. The zero-order valence-electron chi connectivity index (χ0n) is 21.3. The van der Waals surface area contributed by atoms with Crippen molar-refractivity contribution < 1.29 is 46.7 Å². The number of aromatic nitrogens is 1. The van der Waals surface area contributed by atoms with Crippen molar-refractivity contribution in [3.05, 3.63) is 70.9 Å². The molecule has 3 aromatic rings. The van der Waals surface area contributed by atoms with Gasteiger partial charge in [0.1, 0.15) is 24.1 Å². The van der Waals surface area contributed by atoms with Gasteiger partial charge < -0.3 is 24.2 Å². The second-order valence-electron chi connectivity index (χ2n) is 8.55. The fraction of sp³-hybridized carbons (Fsp3) is 0.346. The fourth-order valence-corrected chi connectivity index (χ4v) is 4.09.